The highest BCUT2D eigenvalue weighted by Crippen LogP contribution is 2.29. The van der Waals surface area contributed by atoms with Crippen LogP contribution in [0.4, 0.5) is 0 Å². The zero-order valence-corrected chi connectivity index (χ0v) is 11.8. The molecule has 0 unspecified atom stereocenters. The molecular weight excluding hydrogens is 268 g/mol. The van der Waals surface area contributed by atoms with Gasteiger partial charge in [0.25, 0.3) is 0 Å². The highest BCUT2D eigenvalue weighted by atomic mass is 16.3. The summed E-state index contributed by atoms with van der Waals surface area (Å²) in [5.41, 5.74) is 5.94. The van der Waals surface area contributed by atoms with Gasteiger partial charge in [-0.2, -0.15) is 0 Å². The number of aliphatic hydroxyl groups excluding tert-OH is 1. The summed E-state index contributed by atoms with van der Waals surface area (Å²) in [6, 6.07) is 6.68. The third kappa shape index (κ3) is 3.92. The summed E-state index contributed by atoms with van der Waals surface area (Å²) in [5, 5.41) is 12.3. The molecule has 0 heterocycles. The van der Waals surface area contributed by atoms with Crippen molar-refractivity contribution in [3.05, 3.63) is 41.5 Å². The monoisotopic (exact) mass is 288 g/mol. The minimum absolute atomic E-state index is 0.0279. The number of amides is 2. The van der Waals surface area contributed by atoms with Crippen molar-refractivity contribution in [2.75, 3.05) is 6.61 Å². The van der Waals surface area contributed by atoms with Crippen molar-refractivity contribution >= 4 is 17.9 Å². The normalized spacial score (nSPS) is 17.0. The number of hydrogen-bond donors (Lipinski definition) is 3. The molecule has 1 aromatic rings. The fourth-order valence-corrected chi connectivity index (χ4v) is 2.61. The van der Waals surface area contributed by atoms with E-state index in [-0.39, 0.29) is 12.5 Å². The minimum Gasteiger partial charge on any atom is -0.394 e. The number of nitrogens with one attached hydrogen (secondary N) is 1. The Balaban J connectivity index is 1.97. The van der Waals surface area contributed by atoms with Crippen molar-refractivity contribution in [3.8, 4) is 0 Å². The zero-order chi connectivity index (χ0) is 15.3. The number of rotatable bonds is 5. The Labute approximate surface area is 123 Å². The first-order chi connectivity index (χ1) is 10.0. The van der Waals surface area contributed by atoms with Crippen LogP contribution in [-0.2, 0) is 4.79 Å². The van der Waals surface area contributed by atoms with E-state index in [1.54, 1.807) is 30.3 Å². The number of benzene rings is 1. The Hall–Kier alpha value is -2.14. The summed E-state index contributed by atoms with van der Waals surface area (Å²) in [6.07, 6.45) is 6.79. The predicted octanol–water partition coefficient (Wildman–Crippen LogP) is 1.22. The molecule has 21 heavy (non-hydrogen) atoms. The van der Waals surface area contributed by atoms with Crippen LogP contribution in [0.2, 0.25) is 0 Å². The van der Waals surface area contributed by atoms with E-state index in [2.05, 4.69) is 5.32 Å². The van der Waals surface area contributed by atoms with Crippen LogP contribution >= 0.6 is 0 Å². The first kappa shape index (κ1) is 15.3. The molecule has 5 nitrogen and oxygen atoms in total. The fraction of sp³-hybridized carbons (Fsp3) is 0.375. The van der Waals surface area contributed by atoms with Crippen LogP contribution in [0.15, 0.2) is 30.3 Å². The van der Waals surface area contributed by atoms with Crippen molar-refractivity contribution in [3.63, 3.8) is 0 Å². The van der Waals surface area contributed by atoms with Gasteiger partial charge in [-0.05, 0) is 36.6 Å². The van der Waals surface area contributed by atoms with Crippen molar-refractivity contribution in [2.45, 2.75) is 31.2 Å². The van der Waals surface area contributed by atoms with Crippen LogP contribution < -0.4 is 11.1 Å². The second-order valence-electron chi connectivity index (χ2n) is 5.45. The molecule has 2 amide bonds. The maximum Gasteiger partial charge on any atom is 0.248 e. The molecule has 112 valence electrons. The third-order valence-corrected chi connectivity index (χ3v) is 3.87. The van der Waals surface area contributed by atoms with Crippen LogP contribution in [0.1, 0.15) is 41.6 Å². The number of hydrogen-bond acceptors (Lipinski definition) is 3. The van der Waals surface area contributed by atoms with Gasteiger partial charge < -0.3 is 16.2 Å². The van der Waals surface area contributed by atoms with Gasteiger partial charge in [0.2, 0.25) is 11.8 Å². The zero-order valence-electron chi connectivity index (χ0n) is 11.8. The maximum absolute atomic E-state index is 11.9. The molecule has 4 N–H and O–H groups in total. The quantitative estimate of drug-likeness (QED) is 0.711. The summed E-state index contributed by atoms with van der Waals surface area (Å²) in [5.74, 6) is -0.695. The average molecular weight is 288 g/mol. The fourth-order valence-electron chi connectivity index (χ4n) is 2.61. The maximum atomic E-state index is 11.9. The molecule has 1 fully saturated rings. The molecular formula is C16H20N2O3. The molecule has 0 saturated heterocycles. The number of aliphatic hydroxyl groups is 1. The van der Waals surface area contributed by atoms with Gasteiger partial charge in [0, 0.05) is 11.6 Å². The topological polar surface area (TPSA) is 92.4 Å². The van der Waals surface area contributed by atoms with Gasteiger partial charge in [0.05, 0.1) is 12.1 Å². The van der Waals surface area contributed by atoms with Gasteiger partial charge in [0.15, 0.2) is 0 Å². The minimum atomic E-state index is -0.477. The summed E-state index contributed by atoms with van der Waals surface area (Å²) < 4.78 is 0. The van der Waals surface area contributed by atoms with E-state index < -0.39 is 11.4 Å². The van der Waals surface area contributed by atoms with E-state index in [1.165, 1.54) is 6.08 Å². The second-order valence-corrected chi connectivity index (χ2v) is 5.45. The lowest BCUT2D eigenvalue weighted by Crippen LogP contribution is -2.48. The Morgan fingerprint density at radius 3 is 2.38 bits per heavy atom. The van der Waals surface area contributed by atoms with Crippen molar-refractivity contribution in [1.82, 2.24) is 5.32 Å². The van der Waals surface area contributed by atoms with Gasteiger partial charge in [-0.25, -0.2) is 0 Å². The second kappa shape index (κ2) is 6.54. The summed E-state index contributed by atoms with van der Waals surface area (Å²) >= 11 is 0. The van der Waals surface area contributed by atoms with E-state index >= 15 is 0 Å². The molecule has 0 bridgehead atoms. The summed E-state index contributed by atoms with van der Waals surface area (Å²) in [4.78, 5) is 22.9. The molecule has 5 heteroatoms. The van der Waals surface area contributed by atoms with Gasteiger partial charge in [0.1, 0.15) is 0 Å². The van der Waals surface area contributed by atoms with Gasteiger partial charge in [-0.3, -0.25) is 9.59 Å². The molecule has 1 aromatic carbocycles. The first-order valence-electron chi connectivity index (χ1n) is 7.06. The van der Waals surface area contributed by atoms with Crippen LogP contribution in [0.25, 0.3) is 6.08 Å². The highest BCUT2D eigenvalue weighted by Gasteiger charge is 2.33. The number of primary amides is 1. The Bertz CT molecular complexity index is 543. The molecule has 2 rings (SSSR count). The SMILES string of the molecule is NC(=O)c1ccc(C=CC(=O)NC2(CO)CCCC2)cc1. The van der Waals surface area contributed by atoms with E-state index in [0.29, 0.717) is 5.56 Å². The number of carbonyl (C=O) groups excluding carboxylic acids is 2. The van der Waals surface area contributed by atoms with E-state index in [4.69, 9.17) is 5.73 Å². The number of carbonyl (C=O) groups is 2. The van der Waals surface area contributed by atoms with E-state index in [1.807, 2.05) is 0 Å². The third-order valence-electron chi connectivity index (χ3n) is 3.87. The van der Waals surface area contributed by atoms with Crippen molar-refractivity contribution < 1.29 is 14.7 Å². The Morgan fingerprint density at radius 1 is 1.24 bits per heavy atom. The lowest BCUT2D eigenvalue weighted by molar-refractivity contribution is -0.118. The van der Waals surface area contributed by atoms with Gasteiger partial charge >= 0.3 is 0 Å². The van der Waals surface area contributed by atoms with Gasteiger partial charge in [-0.15, -0.1) is 0 Å². The molecule has 1 saturated carbocycles. The average Bonchev–Trinajstić information content (AvgIpc) is 2.94. The lowest BCUT2D eigenvalue weighted by atomic mass is 9.99. The van der Waals surface area contributed by atoms with Crippen LogP contribution in [0.3, 0.4) is 0 Å². The Morgan fingerprint density at radius 2 is 1.86 bits per heavy atom. The summed E-state index contributed by atoms with van der Waals surface area (Å²) in [6.45, 7) is -0.0279. The molecule has 0 aromatic heterocycles. The predicted molar refractivity (Wildman–Crippen MR) is 80.4 cm³/mol. The number of nitrogens with two attached hydrogens (primary N) is 1. The molecule has 0 atom stereocenters. The molecule has 1 aliphatic rings. The highest BCUT2D eigenvalue weighted by molar-refractivity contribution is 5.94. The summed E-state index contributed by atoms with van der Waals surface area (Å²) in [7, 11) is 0. The smallest absolute Gasteiger partial charge is 0.248 e. The van der Waals surface area contributed by atoms with Crippen LogP contribution in [0, 0.1) is 0 Å². The molecule has 1 aliphatic carbocycles. The largest absolute Gasteiger partial charge is 0.394 e. The molecule has 0 spiro atoms. The Kier molecular flexibility index (Phi) is 4.75. The van der Waals surface area contributed by atoms with Gasteiger partial charge in [-0.1, -0.05) is 25.0 Å². The van der Waals surface area contributed by atoms with E-state index in [0.717, 1.165) is 31.2 Å². The standard InChI is InChI=1S/C16H20N2O3/c17-15(21)13-6-3-12(4-7-13)5-8-14(20)18-16(11-19)9-1-2-10-16/h3-8,19H,1-2,9-11H2,(H2,17,21)(H,18,20). The molecule has 0 radical (unpaired) electrons. The lowest BCUT2D eigenvalue weighted by Gasteiger charge is -2.27. The van der Waals surface area contributed by atoms with E-state index in [9.17, 15) is 14.7 Å². The first-order valence-corrected chi connectivity index (χ1v) is 7.06. The molecule has 0 aliphatic heterocycles. The van der Waals surface area contributed by atoms with Crippen LogP contribution in [0.5, 0.6) is 0 Å². The van der Waals surface area contributed by atoms with Crippen molar-refractivity contribution in [2.24, 2.45) is 5.73 Å². The van der Waals surface area contributed by atoms with Crippen LogP contribution in [-0.4, -0.2) is 29.1 Å². The van der Waals surface area contributed by atoms with Crippen molar-refractivity contribution in [1.29, 1.82) is 0 Å².